The van der Waals surface area contributed by atoms with Gasteiger partial charge in [-0.25, -0.2) is 8.78 Å². The number of halogens is 2. The maximum Gasteiger partial charge on any atom is 0.129 e. The second-order valence-corrected chi connectivity index (χ2v) is 7.18. The second-order valence-electron chi connectivity index (χ2n) is 7.18. The predicted molar refractivity (Wildman–Crippen MR) is 117 cm³/mol. The molecule has 0 radical (unpaired) electrons. The molecule has 0 aliphatic rings. The fourth-order valence-electron chi connectivity index (χ4n) is 3.88. The molecule has 0 aliphatic carbocycles. The molecule has 0 atom stereocenters. The van der Waals surface area contributed by atoms with Crippen LogP contribution < -0.4 is 4.74 Å². The molecule has 0 aromatic heterocycles. The second kappa shape index (κ2) is 9.09. The number of methoxy groups -OCH3 is 1. The molecule has 3 rings (SSSR count). The molecular formula is C26H25F2NO. The number of nitrogens with zero attached hydrogens (tertiary/aromatic N) is 1. The molecule has 2 nitrogen and oxygen atoms in total. The van der Waals surface area contributed by atoms with Crippen LogP contribution in [-0.2, 0) is 19.3 Å². The van der Waals surface area contributed by atoms with Crippen LogP contribution in [0.2, 0.25) is 0 Å². The number of benzene rings is 3. The fraction of sp³-hybridized carbons (Fsp3) is 0.269. The Balaban J connectivity index is 2.32. The summed E-state index contributed by atoms with van der Waals surface area (Å²) >= 11 is 0. The third-order valence-electron chi connectivity index (χ3n) is 5.51. The van der Waals surface area contributed by atoms with Crippen LogP contribution in [0.4, 0.5) is 8.78 Å². The molecule has 0 amide bonds. The van der Waals surface area contributed by atoms with Gasteiger partial charge in [0.25, 0.3) is 0 Å². The molecule has 0 N–H and O–H groups in total. The van der Waals surface area contributed by atoms with E-state index < -0.39 is 11.6 Å². The summed E-state index contributed by atoms with van der Waals surface area (Å²) in [5.74, 6) is -0.578. The standard InChI is InChI=1S/C26H25F2NO/c1-5-16-8-9-18(15-29)21(10-16)24-11-17(6-2)22(14-26(24)30-4)23-12-19(27)13-25(28)20(23)7-3/h8-14H,5-7H2,1-4H3. The van der Waals surface area contributed by atoms with Gasteiger partial charge in [-0.05, 0) is 77.4 Å². The Bertz CT molecular complexity index is 1130. The average molecular weight is 405 g/mol. The lowest BCUT2D eigenvalue weighted by Gasteiger charge is -2.19. The zero-order valence-corrected chi connectivity index (χ0v) is 17.8. The first-order chi connectivity index (χ1) is 14.5. The van der Waals surface area contributed by atoms with E-state index in [1.165, 1.54) is 6.07 Å². The van der Waals surface area contributed by atoms with Crippen molar-refractivity contribution in [1.82, 2.24) is 0 Å². The first-order valence-electron chi connectivity index (χ1n) is 10.2. The Morgan fingerprint density at radius 1 is 0.833 bits per heavy atom. The average Bonchev–Trinajstić information content (AvgIpc) is 2.77. The lowest BCUT2D eigenvalue weighted by atomic mass is 9.88. The van der Waals surface area contributed by atoms with Crippen molar-refractivity contribution in [2.24, 2.45) is 0 Å². The van der Waals surface area contributed by atoms with E-state index in [1.807, 2.05) is 44.2 Å². The molecule has 0 fully saturated rings. The quantitative estimate of drug-likeness (QED) is 0.448. The van der Waals surface area contributed by atoms with Gasteiger partial charge in [0, 0.05) is 17.2 Å². The monoisotopic (exact) mass is 405 g/mol. The van der Waals surface area contributed by atoms with Gasteiger partial charge in [0.15, 0.2) is 0 Å². The van der Waals surface area contributed by atoms with Crippen LogP contribution in [0.25, 0.3) is 22.3 Å². The highest BCUT2D eigenvalue weighted by molar-refractivity contribution is 5.83. The summed E-state index contributed by atoms with van der Waals surface area (Å²) in [6.45, 7) is 5.92. The third kappa shape index (κ3) is 3.93. The van der Waals surface area contributed by atoms with E-state index in [0.717, 1.165) is 40.3 Å². The first kappa shape index (κ1) is 21.5. The van der Waals surface area contributed by atoms with Crippen molar-refractivity contribution in [3.8, 4) is 34.1 Å². The summed E-state index contributed by atoms with van der Waals surface area (Å²) in [5.41, 5.74) is 6.00. The van der Waals surface area contributed by atoms with Crippen molar-refractivity contribution >= 4 is 0 Å². The summed E-state index contributed by atoms with van der Waals surface area (Å²) < 4.78 is 34.2. The van der Waals surface area contributed by atoms with Gasteiger partial charge >= 0.3 is 0 Å². The SMILES string of the molecule is CCc1ccc(C#N)c(-c2cc(CC)c(-c3cc(F)cc(F)c3CC)cc2OC)c1. The van der Waals surface area contributed by atoms with Crippen LogP contribution in [0.3, 0.4) is 0 Å². The summed E-state index contributed by atoms with van der Waals surface area (Å²) in [5, 5.41) is 9.62. The first-order valence-corrected chi connectivity index (χ1v) is 10.2. The Labute approximate surface area is 176 Å². The summed E-state index contributed by atoms with van der Waals surface area (Å²) in [4.78, 5) is 0. The topological polar surface area (TPSA) is 33.0 Å². The Kier molecular flexibility index (Phi) is 6.52. The summed E-state index contributed by atoms with van der Waals surface area (Å²) in [6.07, 6.45) is 1.97. The number of hydrogen-bond donors (Lipinski definition) is 0. The molecule has 0 spiro atoms. The van der Waals surface area contributed by atoms with Crippen LogP contribution >= 0.6 is 0 Å². The van der Waals surface area contributed by atoms with E-state index in [9.17, 15) is 14.0 Å². The van der Waals surface area contributed by atoms with E-state index in [-0.39, 0.29) is 0 Å². The molecule has 4 heteroatoms. The van der Waals surface area contributed by atoms with E-state index >= 15 is 0 Å². The van der Waals surface area contributed by atoms with E-state index in [2.05, 4.69) is 13.0 Å². The number of rotatable bonds is 6. The zero-order valence-electron chi connectivity index (χ0n) is 17.8. The number of aryl methyl sites for hydroxylation is 2. The van der Waals surface area contributed by atoms with E-state index in [1.54, 1.807) is 7.11 Å². The van der Waals surface area contributed by atoms with Crippen molar-refractivity contribution in [2.45, 2.75) is 40.0 Å². The van der Waals surface area contributed by atoms with Gasteiger partial charge in [-0.3, -0.25) is 0 Å². The number of hydrogen-bond acceptors (Lipinski definition) is 2. The number of ether oxygens (including phenoxy) is 1. The minimum Gasteiger partial charge on any atom is -0.496 e. The molecular weight excluding hydrogens is 380 g/mol. The molecule has 0 aliphatic heterocycles. The minimum atomic E-state index is -0.604. The smallest absolute Gasteiger partial charge is 0.129 e. The largest absolute Gasteiger partial charge is 0.496 e. The number of nitriles is 1. The lowest BCUT2D eigenvalue weighted by Crippen LogP contribution is -2.00. The lowest BCUT2D eigenvalue weighted by molar-refractivity contribution is 0.416. The Morgan fingerprint density at radius 3 is 2.20 bits per heavy atom. The van der Waals surface area contributed by atoms with Gasteiger partial charge in [0.1, 0.15) is 17.4 Å². The van der Waals surface area contributed by atoms with Crippen molar-refractivity contribution in [3.63, 3.8) is 0 Å². The van der Waals surface area contributed by atoms with Crippen molar-refractivity contribution in [3.05, 3.63) is 76.4 Å². The van der Waals surface area contributed by atoms with Gasteiger partial charge in [-0.15, -0.1) is 0 Å². The highest BCUT2D eigenvalue weighted by atomic mass is 19.1. The van der Waals surface area contributed by atoms with Gasteiger partial charge in [-0.1, -0.05) is 26.8 Å². The molecule has 0 heterocycles. The Hall–Kier alpha value is -3.19. The predicted octanol–water partition coefficient (Wildman–Crippen LogP) is 6.87. The van der Waals surface area contributed by atoms with Gasteiger partial charge < -0.3 is 4.74 Å². The van der Waals surface area contributed by atoms with Crippen molar-refractivity contribution < 1.29 is 13.5 Å². The van der Waals surface area contributed by atoms with E-state index in [4.69, 9.17) is 4.74 Å². The molecule has 3 aromatic carbocycles. The van der Waals surface area contributed by atoms with Crippen LogP contribution in [0.5, 0.6) is 5.75 Å². The fourth-order valence-corrected chi connectivity index (χ4v) is 3.88. The van der Waals surface area contributed by atoms with Gasteiger partial charge in [0.05, 0.1) is 18.7 Å². The highest BCUT2D eigenvalue weighted by Gasteiger charge is 2.19. The summed E-state index contributed by atoms with van der Waals surface area (Å²) in [7, 11) is 1.57. The van der Waals surface area contributed by atoms with Crippen molar-refractivity contribution in [2.75, 3.05) is 7.11 Å². The van der Waals surface area contributed by atoms with E-state index in [0.29, 0.717) is 35.3 Å². The molecule has 0 unspecified atom stereocenters. The Morgan fingerprint density at radius 2 is 1.60 bits per heavy atom. The maximum atomic E-state index is 14.4. The zero-order chi connectivity index (χ0) is 21.8. The summed E-state index contributed by atoms with van der Waals surface area (Å²) in [6, 6.07) is 14.2. The highest BCUT2D eigenvalue weighted by Crippen LogP contribution is 2.40. The normalized spacial score (nSPS) is 10.7. The molecule has 3 aromatic rings. The molecule has 0 bridgehead atoms. The third-order valence-corrected chi connectivity index (χ3v) is 5.51. The molecule has 154 valence electrons. The maximum absolute atomic E-state index is 14.4. The van der Waals surface area contributed by atoms with Gasteiger partial charge in [-0.2, -0.15) is 5.26 Å². The van der Waals surface area contributed by atoms with Crippen molar-refractivity contribution in [1.29, 1.82) is 5.26 Å². The molecule has 0 saturated carbocycles. The van der Waals surface area contributed by atoms with Crippen LogP contribution in [0, 0.1) is 23.0 Å². The molecule has 30 heavy (non-hydrogen) atoms. The van der Waals surface area contributed by atoms with Crippen LogP contribution in [0.15, 0.2) is 42.5 Å². The van der Waals surface area contributed by atoms with Crippen LogP contribution in [0.1, 0.15) is 43.0 Å². The minimum absolute atomic E-state index is 0.450. The molecule has 0 saturated heterocycles. The van der Waals surface area contributed by atoms with Gasteiger partial charge in [0.2, 0.25) is 0 Å². The van der Waals surface area contributed by atoms with Crippen LogP contribution in [-0.4, -0.2) is 7.11 Å².